The first-order valence-corrected chi connectivity index (χ1v) is 6.97. The molecule has 3 heterocycles. The summed E-state index contributed by atoms with van der Waals surface area (Å²) in [6.45, 7) is 1.26. The number of carboxylic acid groups (broad SMARTS) is 1. The van der Waals surface area contributed by atoms with Crippen molar-refractivity contribution in [3.63, 3.8) is 0 Å². The van der Waals surface area contributed by atoms with Crippen LogP contribution in [-0.2, 0) is 20.9 Å². The van der Waals surface area contributed by atoms with Crippen molar-refractivity contribution in [3.05, 3.63) is 30.9 Å². The zero-order valence-corrected chi connectivity index (χ0v) is 11.4. The maximum Gasteiger partial charge on any atom is 0.310 e. The number of aryl methyl sites for hydroxylation is 1. The number of carboxylic acids is 1. The van der Waals surface area contributed by atoms with Gasteiger partial charge in [0, 0.05) is 25.5 Å². The number of rotatable bonds is 6. The fourth-order valence-electron chi connectivity index (χ4n) is 2.93. The summed E-state index contributed by atoms with van der Waals surface area (Å²) in [6, 6.07) is 0. The van der Waals surface area contributed by atoms with E-state index < -0.39 is 30.0 Å². The molecule has 1 saturated heterocycles. The summed E-state index contributed by atoms with van der Waals surface area (Å²) in [5, 5.41) is 12.1. The standard InChI is InChI=1S/C14H17N3O4/c18-13(16-4-1-6-17-7-5-15-8-17)11-9-2-3-10(21-9)12(11)14(19)20/h2-3,5,7-12H,1,4,6H2,(H,16,18)(H,19,20)/t9-,10-,11+,12+/m1/s1. The average Bonchev–Trinajstić information content (AvgIpc) is 3.18. The van der Waals surface area contributed by atoms with E-state index in [4.69, 9.17) is 4.74 Å². The lowest BCUT2D eigenvalue weighted by atomic mass is 9.82. The number of hydrogen-bond donors (Lipinski definition) is 2. The lowest BCUT2D eigenvalue weighted by Gasteiger charge is -2.20. The van der Waals surface area contributed by atoms with Gasteiger partial charge in [-0.15, -0.1) is 0 Å². The molecule has 1 aromatic rings. The highest BCUT2D eigenvalue weighted by Crippen LogP contribution is 2.39. The smallest absolute Gasteiger partial charge is 0.310 e. The second-order valence-electron chi connectivity index (χ2n) is 5.29. The van der Waals surface area contributed by atoms with Crippen molar-refractivity contribution in [1.29, 1.82) is 0 Å². The highest BCUT2D eigenvalue weighted by Gasteiger charge is 2.53. The molecule has 0 aliphatic carbocycles. The van der Waals surface area contributed by atoms with Gasteiger partial charge in [0.25, 0.3) is 0 Å². The van der Waals surface area contributed by atoms with Gasteiger partial charge in [0.05, 0.1) is 24.5 Å². The molecule has 0 saturated carbocycles. The Morgan fingerprint density at radius 1 is 1.29 bits per heavy atom. The summed E-state index contributed by atoms with van der Waals surface area (Å²) in [6.07, 6.45) is 8.66. The van der Waals surface area contributed by atoms with Crippen LogP contribution in [0, 0.1) is 11.8 Å². The monoisotopic (exact) mass is 291 g/mol. The van der Waals surface area contributed by atoms with E-state index >= 15 is 0 Å². The number of amides is 1. The number of aliphatic carboxylic acids is 1. The SMILES string of the molecule is O=C(O)[C@@H]1[C@@H](C(=O)NCCCn2ccnc2)[C@H]2C=C[C@H]1O2. The molecule has 7 nitrogen and oxygen atoms in total. The van der Waals surface area contributed by atoms with Crippen LogP contribution >= 0.6 is 0 Å². The van der Waals surface area contributed by atoms with Crippen LogP contribution in [0.5, 0.6) is 0 Å². The van der Waals surface area contributed by atoms with E-state index in [9.17, 15) is 14.7 Å². The second kappa shape index (κ2) is 5.69. The normalized spacial score (nSPS) is 29.7. The zero-order valence-electron chi connectivity index (χ0n) is 11.4. The number of nitrogens with zero attached hydrogens (tertiary/aromatic N) is 2. The minimum Gasteiger partial charge on any atom is -0.481 e. The van der Waals surface area contributed by atoms with Crippen LogP contribution in [0.1, 0.15) is 6.42 Å². The van der Waals surface area contributed by atoms with Gasteiger partial charge in [-0.2, -0.15) is 0 Å². The number of aromatic nitrogens is 2. The molecule has 2 N–H and O–H groups in total. The molecule has 1 aromatic heterocycles. The molecule has 1 fully saturated rings. The second-order valence-corrected chi connectivity index (χ2v) is 5.29. The van der Waals surface area contributed by atoms with E-state index in [1.54, 1.807) is 24.7 Å². The first-order chi connectivity index (χ1) is 10.2. The third kappa shape index (κ3) is 2.69. The van der Waals surface area contributed by atoms with Crippen molar-refractivity contribution in [2.45, 2.75) is 25.2 Å². The molecule has 1 amide bonds. The Labute approximate surface area is 121 Å². The average molecular weight is 291 g/mol. The number of carbonyl (C=O) groups is 2. The van der Waals surface area contributed by atoms with E-state index in [0.29, 0.717) is 6.54 Å². The first kappa shape index (κ1) is 13.8. The highest BCUT2D eigenvalue weighted by molar-refractivity contribution is 5.87. The summed E-state index contributed by atoms with van der Waals surface area (Å²) in [5.74, 6) is -2.64. The van der Waals surface area contributed by atoms with Gasteiger partial charge in [-0.05, 0) is 6.42 Å². The summed E-state index contributed by atoms with van der Waals surface area (Å²) >= 11 is 0. The maximum absolute atomic E-state index is 12.2. The largest absolute Gasteiger partial charge is 0.481 e. The Morgan fingerprint density at radius 2 is 2.05 bits per heavy atom. The van der Waals surface area contributed by atoms with Crippen molar-refractivity contribution < 1.29 is 19.4 Å². The summed E-state index contributed by atoms with van der Waals surface area (Å²) < 4.78 is 7.41. The molecule has 0 unspecified atom stereocenters. The minimum absolute atomic E-state index is 0.245. The number of carbonyl (C=O) groups excluding carboxylic acids is 1. The van der Waals surface area contributed by atoms with Gasteiger partial charge in [0.2, 0.25) is 5.91 Å². The Morgan fingerprint density at radius 3 is 2.71 bits per heavy atom. The fourth-order valence-corrected chi connectivity index (χ4v) is 2.93. The lowest BCUT2D eigenvalue weighted by Crippen LogP contribution is -2.42. The van der Waals surface area contributed by atoms with Crippen molar-refractivity contribution in [3.8, 4) is 0 Å². The van der Waals surface area contributed by atoms with Crippen molar-refractivity contribution >= 4 is 11.9 Å². The van der Waals surface area contributed by atoms with Crippen molar-refractivity contribution in [2.75, 3.05) is 6.54 Å². The number of nitrogens with one attached hydrogen (secondary N) is 1. The van der Waals surface area contributed by atoms with Gasteiger partial charge < -0.3 is 19.7 Å². The Kier molecular flexibility index (Phi) is 3.74. The molecular formula is C14H17N3O4. The first-order valence-electron chi connectivity index (χ1n) is 6.97. The Bertz CT molecular complexity index is 555. The molecule has 0 radical (unpaired) electrons. The molecule has 2 aliphatic heterocycles. The van der Waals surface area contributed by atoms with Gasteiger partial charge in [0.15, 0.2) is 0 Å². The molecule has 3 rings (SSSR count). The van der Waals surface area contributed by atoms with Crippen LogP contribution in [-0.4, -0.2) is 45.3 Å². The van der Waals surface area contributed by atoms with E-state index in [1.807, 2.05) is 10.8 Å². The van der Waals surface area contributed by atoms with Crippen molar-refractivity contribution in [1.82, 2.24) is 14.9 Å². The quantitative estimate of drug-likeness (QED) is 0.570. The third-order valence-electron chi connectivity index (χ3n) is 3.94. The molecule has 0 aromatic carbocycles. The van der Waals surface area contributed by atoms with Gasteiger partial charge in [-0.3, -0.25) is 9.59 Å². The number of ether oxygens (including phenoxy) is 1. The Hall–Kier alpha value is -2.15. The van der Waals surface area contributed by atoms with Crippen LogP contribution in [0.2, 0.25) is 0 Å². The van der Waals surface area contributed by atoms with Crippen LogP contribution in [0.25, 0.3) is 0 Å². The molecule has 0 spiro atoms. The molecule has 7 heteroatoms. The summed E-state index contributed by atoms with van der Waals surface area (Å²) in [5.41, 5.74) is 0. The molecule has 112 valence electrons. The summed E-state index contributed by atoms with van der Waals surface area (Å²) in [7, 11) is 0. The molecular weight excluding hydrogens is 274 g/mol. The Balaban J connectivity index is 1.51. The number of fused-ring (bicyclic) bond motifs is 2. The van der Waals surface area contributed by atoms with Crippen LogP contribution in [0.15, 0.2) is 30.9 Å². The molecule has 4 atom stereocenters. The minimum atomic E-state index is -0.981. The van der Waals surface area contributed by atoms with Gasteiger partial charge in [-0.1, -0.05) is 12.2 Å². The lowest BCUT2D eigenvalue weighted by molar-refractivity contribution is -0.146. The predicted octanol–water partition coefficient (Wildman–Crippen LogP) is 0.0436. The van der Waals surface area contributed by atoms with Crippen LogP contribution in [0.3, 0.4) is 0 Å². The summed E-state index contributed by atoms with van der Waals surface area (Å²) in [4.78, 5) is 27.4. The fraction of sp³-hybridized carbons (Fsp3) is 0.500. The number of hydrogen-bond acceptors (Lipinski definition) is 4. The van der Waals surface area contributed by atoms with Gasteiger partial charge in [0.1, 0.15) is 5.92 Å². The maximum atomic E-state index is 12.2. The topological polar surface area (TPSA) is 93.4 Å². The van der Waals surface area contributed by atoms with Crippen LogP contribution < -0.4 is 5.32 Å². The van der Waals surface area contributed by atoms with Gasteiger partial charge >= 0.3 is 5.97 Å². The van der Waals surface area contributed by atoms with E-state index in [-0.39, 0.29) is 5.91 Å². The third-order valence-corrected chi connectivity index (χ3v) is 3.94. The number of imidazole rings is 1. The highest BCUT2D eigenvalue weighted by atomic mass is 16.5. The van der Waals surface area contributed by atoms with Crippen LogP contribution in [0.4, 0.5) is 0 Å². The zero-order chi connectivity index (χ0) is 14.8. The molecule has 2 aliphatic rings. The van der Waals surface area contributed by atoms with Crippen molar-refractivity contribution in [2.24, 2.45) is 11.8 Å². The van der Waals surface area contributed by atoms with Gasteiger partial charge in [-0.25, -0.2) is 4.98 Å². The predicted molar refractivity (Wildman–Crippen MR) is 72.3 cm³/mol. The van der Waals surface area contributed by atoms with E-state index in [1.165, 1.54) is 0 Å². The van der Waals surface area contributed by atoms with E-state index in [2.05, 4.69) is 10.3 Å². The molecule has 21 heavy (non-hydrogen) atoms. The van der Waals surface area contributed by atoms with E-state index in [0.717, 1.165) is 13.0 Å². The molecule has 2 bridgehead atoms.